The summed E-state index contributed by atoms with van der Waals surface area (Å²) in [6, 6.07) is 2.01. The van der Waals surface area contributed by atoms with Crippen LogP contribution in [0.15, 0.2) is 21.3 Å². The lowest BCUT2D eigenvalue weighted by molar-refractivity contribution is 0.207. The molecule has 0 saturated heterocycles. The van der Waals surface area contributed by atoms with Crippen molar-refractivity contribution >= 4 is 45.2 Å². The lowest BCUT2D eigenvalue weighted by Gasteiger charge is -2.20. The molecule has 0 radical (unpaired) electrons. The zero-order chi connectivity index (χ0) is 8.48. The van der Waals surface area contributed by atoms with Gasteiger partial charge in [0.05, 0.1) is 11.6 Å². The summed E-state index contributed by atoms with van der Waals surface area (Å²) in [6.07, 6.45) is 3.96. The van der Waals surface area contributed by atoms with Gasteiger partial charge in [0.2, 0.25) is 0 Å². The number of allylic oxidation sites excluding steroid dienone is 2. The fraction of sp³-hybridized carbons (Fsp3) is 0.286. The number of hydrogen-bond acceptors (Lipinski definition) is 2. The van der Waals surface area contributed by atoms with E-state index in [2.05, 4.69) is 22.6 Å². The Morgan fingerprint density at radius 3 is 2.82 bits per heavy atom. The summed E-state index contributed by atoms with van der Waals surface area (Å²) in [5, 5.41) is 18.1. The molecule has 0 aromatic carbocycles. The van der Waals surface area contributed by atoms with Crippen LogP contribution in [0, 0.1) is 11.3 Å². The van der Waals surface area contributed by atoms with Crippen LogP contribution < -0.4 is 0 Å². The highest BCUT2D eigenvalue weighted by molar-refractivity contribution is 14.1. The Morgan fingerprint density at radius 1 is 1.73 bits per heavy atom. The summed E-state index contributed by atoms with van der Waals surface area (Å²) in [7, 11) is 0. The number of rotatable bonds is 0. The minimum Gasteiger partial charge on any atom is -0.376 e. The molecule has 1 aliphatic carbocycles. The number of halogens is 2. The van der Waals surface area contributed by atoms with Crippen LogP contribution in [-0.4, -0.2) is 8.71 Å². The van der Waals surface area contributed by atoms with Gasteiger partial charge >= 0.3 is 0 Å². The topological polar surface area (TPSA) is 44.0 Å². The van der Waals surface area contributed by atoms with Crippen LogP contribution in [0.2, 0.25) is 0 Å². The van der Waals surface area contributed by atoms with Crippen molar-refractivity contribution in [3.63, 3.8) is 0 Å². The first kappa shape index (κ1) is 9.48. The summed E-state index contributed by atoms with van der Waals surface area (Å²) in [5.41, 5.74) is 0.539. The zero-order valence-corrected chi connectivity index (χ0v) is 9.83. The molecule has 0 bridgehead atoms. The van der Waals surface area contributed by atoms with Crippen molar-refractivity contribution in [2.75, 3.05) is 0 Å². The first-order valence-electron chi connectivity index (χ1n) is 2.94. The Labute approximate surface area is 92.3 Å². The normalized spacial score (nSPS) is 30.4. The summed E-state index contributed by atoms with van der Waals surface area (Å²) in [5.74, 6) is 0. The van der Waals surface area contributed by atoms with Crippen LogP contribution in [0.1, 0.15) is 6.42 Å². The molecule has 1 rings (SSSR count). The molecule has 1 N–H and O–H groups in total. The molecule has 0 saturated carbocycles. The van der Waals surface area contributed by atoms with Crippen molar-refractivity contribution in [2.45, 2.75) is 10.0 Å². The molecular weight excluding hydrogens is 368 g/mol. The summed E-state index contributed by atoms with van der Waals surface area (Å²) in [4.78, 5) is 0. The van der Waals surface area contributed by atoms with Crippen LogP contribution in [-0.2, 0) is 0 Å². The molecule has 0 aliphatic heterocycles. The summed E-state index contributed by atoms with van der Waals surface area (Å²) in [6.45, 7) is 0. The van der Waals surface area contributed by atoms with Gasteiger partial charge in [0, 0.05) is 6.42 Å². The fourth-order valence-corrected chi connectivity index (χ4v) is 3.25. The summed E-state index contributed by atoms with van der Waals surface area (Å²) >= 11 is 4.05. The molecule has 0 fully saturated rings. The van der Waals surface area contributed by atoms with Crippen LogP contribution in [0.3, 0.4) is 0 Å². The first-order chi connectivity index (χ1) is 5.03. The molecule has 0 amide bonds. The van der Waals surface area contributed by atoms with E-state index in [0.717, 1.165) is 3.58 Å². The van der Waals surface area contributed by atoms with Crippen molar-refractivity contribution in [2.24, 2.45) is 0 Å². The van der Waals surface area contributed by atoms with Gasteiger partial charge in [0.25, 0.3) is 0 Å². The van der Waals surface area contributed by atoms with Gasteiger partial charge in [0.15, 0.2) is 0 Å². The van der Waals surface area contributed by atoms with Gasteiger partial charge in [-0.1, -0.05) is 0 Å². The van der Waals surface area contributed by atoms with E-state index >= 15 is 0 Å². The maximum atomic E-state index is 9.56. The third kappa shape index (κ3) is 2.72. The zero-order valence-electron chi connectivity index (χ0n) is 5.51. The van der Waals surface area contributed by atoms with Gasteiger partial charge < -0.3 is 5.11 Å². The van der Waals surface area contributed by atoms with E-state index in [1.807, 2.05) is 28.7 Å². The van der Waals surface area contributed by atoms with Crippen molar-refractivity contribution in [3.8, 4) is 6.07 Å². The third-order valence-electron chi connectivity index (χ3n) is 1.23. The van der Waals surface area contributed by atoms with E-state index in [4.69, 9.17) is 5.26 Å². The average Bonchev–Trinajstić information content (AvgIpc) is 1.83. The van der Waals surface area contributed by atoms with Gasteiger partial charge in [-0.2, -0.15) is 5.26 Å². The number of alkyl halides is 1. The molecule has 1 atom stereocenters. The maximum absolute atomic E-state index is 9.56. The largest absolute Gasteiger partial charge is 0.376 e. The molecular formula is C7H5I2NO. The average molecular weight is 373 g/mol. The minimum absolute atomic E-state index is 0.539. The molecule has 58 valence electrons. The molecule has 2 nitrogen and oxygen atoms in total. The molecule has 0 spiro atoms. The van der Waals surface area contributed by atoms with E-state index in [1.54, 1.807) is 12.2 Å². The molecule has 11 heavy (non-hydrogen) atoms. The van der Waals surface area contributed by atoms with Gasteiger partial charge in [0.1, 0.15) is 3.61 Å². The van der Waals surface area contributed by atoms with Gasteiger partial charge in [-0.3, -0.25) is 0 Å². The van der Waals surface area contributed by atoms with E-state index in [1.165, 1.54) is 0 Å². The second kappa shape index (κ2) is 3.41. The van der Waals surface area contributed by atoms with Crippen LogP contribution in [0.5, 0.6) is 0 Å². The predicted octanol–water partition coefficient (Wildman–Crippen LogP) is 2.28. The fourth-order valence-electron chi connectivity index (χ4n) is 0.852. The van der Waals surface area contributed by atoms with Crippen molar-refractivity contribution < 1.29 is 5.11 Å². The van der Waals surface area contributed by atoms with E-state index in [9.17, 15) is 5.11 Å². The van der Waals surface area contributed by atoms with Crippen LogP contribution in [0.25, 0.3) is 0 Å². The maximum Gasteiger partial charge on any atom is 0.140 e. The number of hydrogen-bond donors (Lipinski definition) is 1. The molecule has 0 heterocycles. The second-order valence-corrected chi connectivity index (χ2v) is 5.55. The lowest BCUT2D eigenvalue weighted by atomic mass is 10.1. The van der Waals surface area contributed by atoms with Gasteiger partial charge in [-0.15, -0.1) is 0 Å². The highest BCUT2D eigenvalue weighted by Crippen LogP contribution is 2.34. The van der Waals surface area contributed by atoms with E-state index in [0.29, 0.717) is 12.0 Å². The summed E-state index contributed by atoms with van der Waals surface area (Å²) < 4.78 is 0.146. The minimum atomic E-state index is -0.867. The second-order valence-electron chi connectivity index (χ2n) is 2.30. The smallest absolute Gasteiger partial charge is 0.140 e. The SMILES string of the molecule is N#CC1=CC(O)(I)CC(I)=C1. The molecule has 0 aromatic rings. The van der Waals surface area contributed by atoms with Crippen LogP contribution in [0.4, 0.5) is 0 Å². The predicted molar refractivity (Wildman–Crippen MR) is 59.4 cm³/mol. The monoisotopic (exact) mass is 373 g/mol. The van der Waals surface area contributed by atoms with Crippen molar-refractivity contribution in [1.29, 1.82) is 5.26 Å². The van der Waals surface area contributed by atoms with E-state index < -0.39 is 3.61 Å². The number of nitrogens with zero attached hydrogens (tertiary/aromatic N) is 1. The number of nitriles is 1. The van der Waals surface area contributed by atoms with Gasteiger partial charge in [-0.05, 0) is 60.9 Å². The van der Waals surface area contributed by atoms with Crippen molar-refractivity contribution in [3.05, 3.63) is 21.3 Å². The highest BCUT2D eigenvalue weighted by atomic mass is 127. The van der Waals surface area contributed by atoms with Crippen LogP contribution >= 0.6 is 45.2 Å². The highest BCUT2D eigenvalue weighted by Gasteiger charge is 2.24. The Hall–Kier alpha value is 0.390. The Kier molecular flexibility index (Phi) is 2.94. The van der Waals surface area contributed by atoms with E-state index in [-0.39, 0.29) is 0 Å². The Balaban J connectivity index is 2.98. The molecule has 1 unspecified atom stereocenters. The standard InChI is InChI=1S/C7H5I2NO/c8-6-1-5(4-10)2-7(9,11)3-6/h1-2,11H,3H2. The Bertz CT molecular complexity index is 273. The Morgan fingerprint density at radius 2 is 2.36 bits per heavy atom. The molecule has 4 heteroatoms. The number of aliphatic hydroxyl groups is 1. The lowest BCUT2D eigenvalue weighted by Crippen LogP contribution is -2.18. The molecule has 1 aliphatic rings. The first-order valence-corrected chi connectivity index (χ1v) is 5.09. The third-order valence-corrected chi connectivity index (χ3v) is 2.62. The van der Waals surface area contributed by atoms with Crippen molar-refractivity contribution in [1.82, 2.24) is 0 Å². The quantitative estimate of drug-likeness (QED) is 0.523. The van der Waals surface area contributed by atoms with Gasteiger partial charge in [-0.25, -0.2) is 0 Å². The molecule has 0 aromatic heterocycles.